The number of carboxylic acid groups (broad SMARTS) is 1. The zero-order valence-corrected chi connectivity index (χ0v) is 11.4. The molecule has 1 unspecified atom stereocenters. The second-order valence-corrected chi connectivity index (χ2v) is 4.65. The van der Waals surface area contributed by atoms with Crippen LogP contribution in [-0.4, -0.2) is 47.9 Å². The van der Waals surface area contributed by atoms with Gasteiger partial charge in [-0.1, -0.05) is 12.1 Å². The lowest BCUT2D eigenvalue weighted by molar-refractivity contribution is -0.137. The van der Waals surface area contributed by atoms with Gasteiger partial charge < -0.3 is 20.5 Å². The fourth-order valence-electron chi connectivity index (χ4n) is 1.97. The van der Waals surface area contributed by atoms with Crippen LogP contribution < -0.4 is 5.73 Å². The Kier molecular flexibility index (Phi) is 4.55. The minimum absolute atomic E-state index is 0.0189. The molecule has 1 atom stereocenters. The Morgan fingerprint density at radius 3 is 2.82 bits per heavy atom. The fraction of sp³-hybridized carbons (Fsp3) is 0.385. The van der Waals surface area contributed by atoms with Gasteiger partial charge in [-0.15, -0.1) is 0 Å². The number of halogens is 3. The molecule has 0 spiro atoms. The fourth-order valence-corrected chi connectivity index (χ4v) is 1.97. The lowest BCUT2D eigenvalue weighted by atomic mass is 10.1. The van der Waals surface area contributed by atoms with Gasteiger partial charge in [-0.05, 0) is 12.1 Å². The summed E-state index contributed by atoms with van der Waals surface area (Å²) >= 11 is 0. The molecule has 1 aliphatic heterocycles. The Bertz CT molecular complexity index is 589. The van der Waals surface area contributed by atoms with E-state index < -0.39 is 24.1 Å². The maximum Gasteiger partial charge on any atom is 0.416 e. The summed E-state index contributed by atoms with van der Waals surface area (Å²) in [6.45, 7) is 0.343. The lowest BCUT2D eigenvalue weighted by Gasteiger charge is -2.28. The van der Waals surface area contributed by atoms with E-state index >= 15 is 0 Å². The Balaban J connectivity index is 2.17. The minimum atomic E-state index is -4.47. The van der Waals surface area contributed by atoms with Gasteiger partial charge in [0.2, 0.25) is 0 Å². The molecule has 1 amide bonds. The summed E-state index contributed by atoms with van der Waals surface area (Å²) < 4.78 is 43.2. The van der Waals surface area contributed by atoms with Gasteiger partial charge in [-0.25, -0.2) is 9.79 Å². The number of hydrogen-bond acceptors (Lipinski definition) is 3. The second kappa shape index (κ2) is 6.22. The van der Waals surface area contributed by atoms with Gasteiger partial charge in [-0.3, -0.25) is 0 Å². The van der Waals surface area contributed by atoms with Crippen molar-refractivity contribution in [3.05, 3.63) is 35.4 Å². The van der Waals surface area contributed by atoms with E-state index in [1.807, 2.05) is 0 Å². The van der Waals surface area contributed by atoms with Gasteiger partial charge in [0.15, 0.2) is 6.23 Å². The molecule has 22 heavy (non-hydrogen) atoms. The monoisotopic (exact) mass is 317 g/mol. The van der Waals surface area contributed by atoms with Gasteiger partial charge in [0.1, 0.15) is 5.84 Å². The van der Waals surface area contributed by atoms with Crippen molar-refractivity contribution in [2.75, 3.05) is 19.7 Å². The lowest BCUT2D eigenvalue weighted by Crippen LogP contribution is -2.44. The molecule has 0 saturated carbocycles. The topological polar surface area (TPSA) is 88.2 Å². The average molecular weight is 317 g/mol. The van der Waals surface area contributed by atoms with Gasteiger partial charge >= 0.3 is 12.3 Å². The SMILES string of the molecule is N/C(=N\C1CN(C(=O)O)CCO1)c1cccc(C(F)(F)F)c1. The number of alkyl halides is 3. The number of nitrogens with two attached hydrogens (primary N) is 1. The number of hydrogen-bond donors (Lipinski definition) is 2. The highest BCUT2D eigenvalue weighted by Gasteiger charge is 2.30. The van der Waals surface area contributed by atoms with Gasteiger partial charge in [0, 0.05) is 12.1 Å². The number of aliphatic imine (C=N–C) groups is 1. The normalized spacial score (nSPS) is 20.0. The van der Waals surface area contributed by atoms with Crippen molar-refractivity contribution < 1.29 is 27.8 Å². The Morgan fingerprint density at radius 1 is 1.45 bits per heavy atom. The molecule has 6 nitrogen and oxygen atoms in total. The van der Waals surface area contributed by atoms with Crippen LogP contribution in [0, 0.1) is 0 Å². The Morgan fingerprint density at radius 2 is 2.18 bits per heavy atom. The van der Waals surface area contributed by atoms with E-state index in [2.05, 4.69) is 4.99 Å². The number of amides is 1. The molecule has 0 aliphatic carbocycles. The molecule has 1 aromatic rings. The predicted octanol–water partition coefficient (Wildman–Crippen LogP) is 1.75. The first-order valence-electron chi connectivity index (χ1n) is 6.38. The van der Waals surface area contributed by atoms with E-state index in [0.29, 0.717) is 0 Å². The highest BCUT2D eigenvalue weighted by molar-refractivity contribution is 5.97. The molecular formula is C13H14F3N3O3. The second-order valence-electron chi connectivity index (χ2n) is 4.65. The number of morpholine rings is 1. The highest BCUT2D eigenvalue weighted by Crippen LogP contribution is 2.29. The van der Waals surface area contributed by atoms with Crippen LogP contribution >= 0.6 is 0 Å². The van der Waals surface area contributed by atoms with Gasteiger partial charge in [0.05, 0.1) is 18.7 Å². The van der Waals surface area contributed by atoms with E-state index in [9.17, 15) is 18.0 Å². The first-order valence-corrected chi connectivity index (χ1v) is 6.38. The molecule has 1 fully saturated rings. The van der Waals surface area contributed by atoms with Crippen molar-refractivity contribution in [3.63, 3.8) is 0 Å². The highest BCUT2D eigenvalue weighted by atomic mass is 19.4. The third-order valence-electron chi connectivity index (χ3n) is 3.09. The molecule has 3 N–H and O–H groups in total. The van der Waals surface area contributed by atoms with Crippen LogP contribution in [0.1, 0.15) is 11.1 Å². The third-order valence-corrected chi connectivity index (χ3v) is 3.09. The van der Waals surface area contributed by atoms with Crippen molar-refractivity contribution >= 4 is 11.9 Å². The van der Waals surface area contributed by atoms with Gasteiger partial charge in [-0.2, -0.15) is 13.2 Å². The quantitative estimate of drug-likeness (QED) is 0.642. The number of nitrogens with zero attached hydrogens (tertiary/aromatic N) is 2. The Hall–Kier alpha value is -2.29. The molecule has 1 saturated heterocycles. The van der Waals surface area contributed by atoms with Crippen LogP contribution in [0.2, 0.25) is 0 Å². The molecule has 1 heterocycles. The number of amidine groups is 1. The maximum atomic E-state index is 12.7. The first kappa shape index (κ1) is 16.1. The molecule has 9 heteroatoms. The van der Waals surface area contributed by atoms with Crippen LogP contribution in [0.4, 0.5) is 18.0 Å². The summed E-state index contributed by atoms with van der Waals surface area (Å²) in [6.07, 6.45) is -6.42. The van der Waals surface area contributed by atoms with E-state index in [-0.39, 0.29) is 31.1 Å². The largest absolute Gasteiger partial charge is 0.465 e. The molecule has 120 valence electrons. The van der Waals surface area contributed by atoms with E-state index in [4.69, 9.17) is 15.6 Å². The van der Waals surface area contributed by atoms with Crippen molar-refractivity contribution in [1.29, 1.82) is 0 Å². The number of rotatable bonds is 2. The molecule has 1 aliphatic rings. The van der Waals surface area contributed by atoms with Crippen LogP contribution in [0.3, 0.4) is 0 Å². The molecule has 2 rings (SSSR count). The van der Waals surface area contributed by atoms with Gasteiger partial charge in [0.25, 0.3) is 0 Å². The van der Waals surface area contributed by atoms with Crippen LogP contribution in [0.5, 0.6) is 0 Å². The van der Waals surface area contributed by atoms with Crippen molar-refractivity contribution in [1.82, 2.24) is 4.90 Å². The zero-order valence-electron chi connectivity index (χ0n) is 11.4. The number of benzene rings is 1. The number of ether oxygens (including phenoxy) is 1. The molecule has 0 bridgehead atoms. The van der Waals surface area contributed by atoms with E-state index in [0.717, 1.165) is 17.0 Å². The standard InChI is InChI=1S/C13H14F3N3O3/c14-13(15,16)9-3-1-2-8(6-9)11(17)18-10-7-19(12(20)21)4-5-22-10/h1-3,6,10H,4-5,7H2,(H2,17,18)(H,20,21). The summed E-state index contributed by atoms with van der Waals surface area (Å²) in [7, 11) is 0. The summed E-state index contributed by atoms with van der Waals surface area (Å²) in [5.41, 5.74) is 4.97. The summed E-state index contributed by atoms with van der Waals surface area (Å²) in [5, 5.41) is 8.90. The van der Waals surface area contributed by atoms with Crippen LogP contribution in [0.25, 0.3) is 0 Å². The van der Waals surface area contributed by atoms with E-state index in [1.54, 1.807) is 0 Å². The summed E-state index contributed by atoms with van der Waals surface area (Å²) in [5.74, 6) is -0.136. The Labute approximate surface area is 124 Å². The minimum Gasteiger partial charge on any atom is -0.465 e. The average Bonchev–Trinajstić information content (AvgIpc) is 2.46. The van der Waals surface area contributed by atoms with Crippen molar-refractivity contribution in [3.8, 4) is 0 Å². The molecular weight excluding hydrogens is 303 g/mol. The smallest absolute Gasteiger partial charge is 0.416 e. The zero-order chi connectivity index (χ0) is 16.3. The van der Waals surface area contributed by atoms with Crippen molar-refractivity contribution in [2.24, 2.45) is 10.7 Å². The predicted molar refractivity (Wildman–Crippen MR) is 71.5 cm³/mol. The maximum absolute atomic E-state index is 12.7. The molecule has 1 aromatic carbocycles. The third kappa shape index (κ3) is 3.88. The molecule has 0 aromatic heterocycles. The first-order chi connectivity index (χ1) is 10.3. The van der Waals surface area contributed by atoms with E-state index in [1.165, 1.54) is 12.1 Å². The summed E-state index contributed by atoms with van der Waals surface area (Å²) in [6, 6.07) is 4.44. The molecule has 0 radical (unpaired) electrons. The number of carbonyl (C=O) groups is 1. The van der Waals surface area contributed by atoms with Crippen LogP contribution in [-0.2, 0) is 10.9 Å². The van der Waals surface area contributed by atoms with Crippen molar-refractivity contribution in [2.45, 2.75) is 12.4 Å². The summed E-state index contributed by atoms with van der Waals surface area (Å²) in [4.78, 5) is 15.9. The van der Waals surface area contributed by atoms with Crippen LogP contribution in [0.15, 0.2) is 29.3 Å².